The molecular formula is C16H14ClN3O4S2. The van der Waals surface area contributed by atoms with E-state index < -0.39 is 10.0 Å². The third kappa shape index (κ3) is 4.84. The Hall–Kier alpha value is -2.36. The lowest BCUT2D eigenvalue weighted by molar-refractivity contribution is -0.120. The monoisotopic (exact) mass is 411 g/mol. The van der Waals surface area contributed by atoms with Gasteiger partial charge in [0.25, 0.3) is 10.0 Å². The van der Waals surface area contributed by atoms with E-state index in [0.29, 0.717) is 16.5 Å². The summed E-state index contributed by atoms with van der Waals surface area (Å²) in [6.45, 7) is 0.284. The second-order valence-corrected chi connectivity index (χ2v) is 8.21. The first-order valence-electron chi connectivity index (χ1n) is 7.44. The van der Waals surface area contributed by atoms with Gasteiger partial charge in [0, 0.05) is 10.4 Å². The molecule has 0 bridgehead atoms. The smallest absolute Gasteiger partial charge is 0.263 e. The van der Waals surface area contributed by atoms with Crippen LogP contribution in [0.3, 0.4) is 0 Å². The lowest BCUT2D eigenvalue weighted by Gasteiger charge is -2.05. The molecule has 0 saturated carbocycles. The molecule has 0 fully saturated rings. The number of thiazole rings is 1. The highest BCUT2D eigenvalue weighted by atomic mass is 35.5. The van der Waals surface area contributed by atoms with E-state index in [0.717, 1.165) is 11.3 Å². The van der Waals surface area contributed by atoms with Gasteiger partial charge in [0.2, 0.25) is 5.91 Å². The predicted octanol–water partition coefficient (Wildman–Crippen LogP) is 3.05. The summed E-state index contributed by atoms with van der Waals surface area (Å²) in [5, 5.41) is 4.97. The third-order valence-electron chi connectivity index (χ3n) is 3.28. The van der Waals surface area contributed by atoms with E-state index in [9.17, 15) is 13.2 Å². The van der Waals surface area contributed by atoms with E-state index >= 15 is 0 Å². The van der Waals surface area contributed by atoms with E-state index in [4.69, 9.17) is 16.0 Å². The zero-order valence-corrected chi connectivity index (χ0v) is 15.7. The Balaban J connectivity index is 1.58. The summed E-state index contributed by atoms with van der Waals surface area (Å²) >= 11 is 6.87. The van der Waals surface area contributed by atoms with Crippen LogP contribution in [0.2, 0.25) is 5.02 Å². The summed E-state index contributed by atoms with van der Waals surface area (Å²) in [5.74, 6) is 0.409. The molecule has 3 rings (SSSR count). The number of anilines is 1. The molecule has 0 spiro atoms. The van der Waals surface area contributed by atoms with Crippen LogP contribution in [0.5, 0.6) is 0 Å². The second-order valence-electron chi connectivity index (χ2n) is 5.24. The molecule has 0 saturated heterocycles. The highest BCUT2D eigenvalue weighted by Gasteiger charge is 2.16. The summed E-state index contributed by atoms with van der Waals surface area (Å²) in [6, 6.07) is 9.29. The van der Waals surface area contributed by atoms with Gasteiger partial charge >= 0.3 is 0 Å². The summed E-state index contributed by atoms with van der Waals surface area (Å²) in [7, 11) is -3.76. The topological polar surface area (TPSA) is 101 Å². The molecule has 0 aliphatic rings. The van der Waals surface area contributed by atoms with Crippen molar-refractivity contribution in [2.45, 2.75) is 17.9 Å². The van der Waals surface area contributed by atoms with E-state index in [1.54, 1.807) is 17.5 Å². The van der Waals surface area contributed by atoms with Crippen LogP contribution in [0, 0.1) is 0 Å². The molecule has 0 atom stereocenters. The molecule has 26 heavy (non-hydrogen) atoms. The number of hydrogen-bond donors (Lipinski definition) is 2. The van der Waals surface area contributed by atoms with Gasteiger partial charge in [0.1, 0.15) is 5.76 Å². The van der Waals surface area contributed by atoms with Gasteiger partial charge in [-0.3, -0.25) is 9.52 Å². The van der Waals surface area contributed by atoms with Crippen molar-refractivity contribution >= 4 is 44.0 Å². The van der Waals surface area contributed by atoms with Crippen LogP contribution in [0.1, 0.15) is 11.5 Å². The van der Waals surface area contributed by atoms with Crippen LogP contribution in [0.25, 0.3) is 0 Å². The molecule has 2 N–H and O–H groups in total. The van der Waals surface area contributed by atoms with Crippen LogP contribution >= 0.6 is 22.9 Å². The second kappa shape index (κ2) is 7.90. The van der Waals surface area contributed by atoms with Crippen molar-refractivity contribution in [1.29, 1.82) is 0 Å². The Morgan fingerprint density at radius 2 is 2.00 bits per heavy atom. The number of benzene rings is 1. The largest absolute Gasteiger partial charge is 0.467 e. The Labute approximate surface area is 159 Å². The number of nitrogens with one attached hydrogen (secondary N) is 2. The Morgan fingerprint density at radius 1 is 1.23 bits per heavy atom. The number of furan rings is 1. The van der Waals surface area contributed by atoms with E-state index in [2.05, 4.69) is 15.0 Å². The van der Waals surface area contributed by atoms with Gasteiger partial charge < -0.3 is 9.73 Å². The number of carbonyl (C=O) groups is 1. The summed E-state index contributed by atoms with van der Waals surface area (Å²) in [6.07, 6.45) is 1.57. The number of carbonyl (C=O) groups excluding carboxylic acids is 1. The molecule has 3 aromatic rings. The molecular weight excluding hydrogens is 398 g/mol. The summed E-state index contributed by atoms with van der Waals surface area (Å²) in [5.41, 5.74) is 0.473. The molecule has 0 aliphatic heterocycles. The lowest BCUT2D eigenvalue weighted by atomic mass is 10.3. The van der Waals surface area contributed by atoms with E-state index in [-0.39, 0.29) is 28.9 Å². The maximum atomic E-state index is 12.3. The maximum absolute atomic E-state index is 12.3. The number of hydrogen-bond acceptors (Lipinski definition) is 6. The predicted molar refractivity (Wildman–Crippen MR) is 98.6 cm³/mol. The minimum Gasteiger partial charge on any atom is -0.467 e. The van der Waals surface area contributed by atoms with Gasteiger partial charge in [-0.05, 0) is 36.4 Å². The Bertz CT molecular complexity index is 983. The quantitative estimate of drug-likeness (QED) is 0.622. The van der Waals surface area contributed by atoms with Crippen LogP contribution in [-0.4, -0.2) is 19.3 Å². The van der Waals surface area contributed by atoms with Crippen molar-refractivity contribution in [1.82, 2.24) is 10.3 Å². The van der Waals surface area contributed by atoms with Gasteiger partial charge in [-0.1, -0.05) is 11.6 Å². The van der Waals surface area contributed by atoms with Crippen LogP contribution in [0.15, 0.2) is 57.4 Å². The van der Waals surface area contributed by atoms with Crippen LogP contribution in [-0.2, 0) is 27.8 Å². The molecule has 1 aromatic carbocycles. The van der Waals surface area contributed by atoms with Crippen molar-refractivity contribution in [2.24, 2.45) is 0 Å². The zero-order chi connectivity index (χ0) is 18.6. The number of sulfonamides is 1. The first kappa shape index (κ1) is 18.4. The van der Waals surface area contributed by atoms with Crippen LogP contribution < -0.4 is 10.0 Å². The number of nitrogens with zero attached hydrogens (tertiary/aromatic N) is 1. The fourth-order valence-corrected chi connectivity index (χ4v) is 4.14. The highest BCUT2D eigenvalue weighted by Crippen LogP contribution is 2.21. The van der Waals surface area contributed by atoms with Gasteiger partial charge in [0.15, 0.2) is 5.13 Å². The molecule has 1 amide bonds. The molecule has 0 radical (unpaired) electrons. The molecule has 7 nitrogen and oxygen atoms in total. The SMILES string of the molecule is O=C(Cc1csc(NS(=O)(=O)c2ccc(Cl)cc2)n1)NCc1ccco1. The first-order valence-corrected chi connectivity index (χ1v) is 10.2. The van der Waals surface area contributed by atoms with Gasteiger partial charge in [-0.15, -0.1) is 11.3 Å². The average molecular weight is 412 g/mol. The third-order valence-corrected chi connectivity index (χ3v) is 5.82. The normalized spacial score (nSPS) is 11.3. The first-order chi connectivity index (χ1) is 12.4. The van der Waals surface area contributed by atoms with E-state index in [1.807, 2.05) is 0 Å². The average Bonchev–Trinajstić information content (AvgIpc) is 3.25. The van der Waals surface area contributed by atoms with Crippen molar-refractivity contribution in [3.63, 3.8) is 0 Å². The van der Waals surface area contributed by atoms with Crippen LogP contribution in [0.4, 0.5) is 5.13 Å². The van der Waals surface area contributed by atoms with E-state index in [1.165, 1.54) is 30.5 Å². The number of aromatic nitrogens is 1. The zero-order valence-electron chi connectivity index (χ0n) is 13.3. The molecule has 136 valence electrons. The lowest BCUT2D eigenvalue weighted by Crippen LogP contribution is -2.24. The van der Waals surface area contributed by atoms with Crippen molar-refractivity contribution in [3.05, 3.63) is 64.5 Å². The molecule has 0 unspecified atom stereocenters. The van der Waals surface area contributed by atoms with Gasteiger partial charge in [-0.2, -0.15) is 0 Å². The summed E-state index contributed by atoms with van der Waals surface area (Å²) < 4.78 is 32.1. The number of rotatable bonds is 7. The molecule has 2 heterocycles. The van der Waals surface area contributed by atoms with Crippen molar-refractivity contribution in [2.75, 3.05) is 4.72 Å². The fraction of sp³-hybridized carbons (Fsp3) is 0.125. The fourth-order valence-electron chi connectivity index (χ4n) is 2.05. The minimum atomic E-state index is -3.76. The van der Waals surface area contributed by atoms with Gasteiger partial charge in [0.05, 0.1) is 29.8 Å². The Morgan fingerprint density at radius 3 is 2.69 bits per heavy atom. The van der Waals surface area contributed by atoms with Crippen molar-refractivity contribution < 1.29 is 17.6 Å². The maximum Gasteiger partial charge on any atom is 0.263 e. The van der Waals surface area contributed by atoms with Crippen molar-refractivity contribution in [3.8, 4) is 0 Å². The standard InChI is InChI=1S/C16H14ClN3O4S2/c17-11-3-5-14(6-4-11)26(22,23)20-16-19-12(10-25-16)8-15(21)18-9-13-2-1-7-24-13/h1-7,10H,8-9H2,(H,18,21)(H,19,20). The highest BCUT2D eigenvalue weighted by molar-refractivity contribution is 7.93. The Kier molecular flexibility index (Phi) is 5.60. The number of halogens is 1. The van der Waals surface area contributed by atoms with Gasteiger partial charge in [-0.25, -0.2) is 13.4 Å². The molecule has 2 aromatic heterocycles. The summed E-state index contributed by atoms with van der Waals surface area (Å²) in [4.78, 5) is 16.1. The minimum absolute atomic E-state index is 0.0415. The molecule has 0 aliphatic carbocycles. The number of amides is 1. The molecule has 10 heteroatoms.